The molecule has 9 nitrogen and oxygen atoms in total. The third-order valence-electron chi connectivity index (χ3n) is 9.03. The molecule has 0 bridgehead atoms. The number of carbonyl (C=O) groups excluding carboxylic acids is 2. The second-order valence-corrected chi connectivity index (χ2v) is 13.7. The Hall–Kier alpha value is -7.00. The summed E-state index contributed by atoms with van der Waals surface area (Å²) in [5, 5.41) is 0. The zero-order chi connectivity index (χ0) is 41.1. The average Bonchev–Trinajstić information content (AvgIpc) is 3.27. The van der Waals surface area contributed by atoms with Gasteiger partial charge in [-0.1, -0.05) is 39.5 Å². The molecule has 6 aromatic rings. The summed E-state index contributed by atoms with van der Waals surface area (Å²) < 4.78 is 28.6. The molecule has 0 aliphatic heterocycles. The fourth-order valence-electron chi connectivity index (χ4n) is 5.67. The number of hydrogen-bond acceptors (Lipinski definition) is 9. The zero-order valence-corrected chi connectivity index (χ0v) is 33.4. The topological polar surface area (TPSA) is 105 Å². The molecule has 0 amide bonds. The minimum absolute atomic E-state index is 0.432. The van der Waals surface area contributed by atoms with E-state index in [1.165, 1.54) is 0 Å². The van der Waals surface area contributed by atoms with Gasteiger partial charge in [0.25, 0.3) is 0 Å². The molecule has 9 heteroatoms. The van der Waals surface area contributed by atoms with Gasteiger partial charge in [-0.05, 0) is 170 Å². The van der Waals surface area contributed by atoms with Crippen LogP contribution < -0.4 is 23.7 Å². The number of esters is 2. The highest BCUT2D eigenvalue weighted by Crippen LogP contribution is 2.27. The third kappa shape index (κ3) is 13.6. The minimum Gasteiger partial charge on any atom is -0.494 e. The molecule has 0 N–H and O–H groups in total. The smallest absolute Gasteiger partial charge is 0.343 e. The van der Waals surface area contributed by atoms with Crippen molar-refractivity contribution in [2.75, 3.05) is 13.2 Å². The number of unbranched alkanes of at least 4 members (excludes halogenated alkanes) is 4. The van der Waals surface area contributed by atoms with Crippen molar-refractivity contribution >= 4 is 35.7 Å². The first-order valence-corrected chi connectivity index (χ1v) is 20.0. The molecule has 0 saturated heterocycles. The summed E-state index contributed by atoms with van der Waals surface area (Å²) in [6.07, 6.45) is 10.0. The lowest BCUT2D eigenvalue weighted by Gasteiger charge is -2.07. The van der Waals surface area contributed by atoms with Crippen LogP contribution >= 0.6 is 0 Å². The standard InChI is InChI=1S/C50H48N2O7/c1-3-5-7-33-55-43-25-13-39(14-26-43)49(53)58-47-21-9-37(10-22-47)35-51-41-17-29-45(30-18-41)57-46-31-19-42(20-32-46)52-36-38-11-23-48(24-12-38)59-50(54)40-15-27-44(28-16-40)56-34-8-6-4-2/h9-32,35-36H,3-8,33-34H2,1-2H3. The maximum absolute atomic E-state index is 12.6. The molecule has 59 heavy (non-hydrogen) atoms. The molecule has 0 unspecified atom stereocenters. The van der Waals surface area contributed by atoms with Crippen LogP contribution in [0, 0.1) is 0 Å². The first-order valence-electron chi connectivity index (χ1n) is 20.0. The fraction of sp³-hybridized carbons (Fsp3) is 0.200. The number of nitrogens with zero attached hydrogens (tertiary/aromatic N) is 2. The molecule has 0 fully saturated rings. The van der Waals surface area contributed by atoms with Gasteiger partial charge in [-0.3, -0.25) is 9.98 Å². The van der Waals surface area contributed by atoms with E-state index in [0.717, 1.165) is 72.5 Å². The first-order chi connectivity index (χ1) is 28.9. The lowest BCUT2D eigenvalue weighted by molar-refractivity contribution is 0.0725. The Morgan fingerprint density at radius 3 is 1.12 bits per heavy atom. The Kier molecular flexibility index (Phi) is 15.6. The van der Waals surface area contributed by atoms with Crippen LogP contribution in [0.1, 0.15) is 84.2 Å². The molecular weight excluding hydrogens is 741 g/mol. The summed E-state index contributed by atoms with van der Waals surface area (Å²) in [4.78, 5) is 34.4. The number of ether oxygens (including phenoxy) is 5. The largest absolute Gasteiger partial charge is 0.494 e. The summed E-state index contributed by atoms with van der Waals surface area (Å²) >= 11 is 0. The second kappa shape index (κ2) is 22.1. The van der Waals surface area contributed by atoms with E-state index in [4.69, 9.17) is 23.7 Å². The summed E-state index contributed by atoms with van der Waals surface area (Å²) in [7, 11) is 0. The van der Waals surface area contributed by atoms with Crippen LogP contribution in [0.5, 0.6) is 34.5 Å². The van der Waals surface area contributed by atoms with Crippen LogP contribution in [-0.4, -0.2) is 37.6 Å². The van der Waals surface area contributed by atoms with E-state index in [-0.39, 0.29) is 0 Å². The number of benzene rings is 6. The lowest BCUT2D eigenvalue weighted by atomic mass is 10.2. The monoisotopic (exact) mass is 788 g/mol. The van der Waals surface area contributed by atoms with Crippen LogP contribution in [0.25, 0.3) is 0 Å². The quantitative estimate of drug-likeness (QED) is 0.0328. The van der Waals surface area contributed by atoms with E-state index in [0.29, 0.717) is 47.3 Å². The van der Waals surface area contributed by atoms with Gasteiger partial charge in [0.15, 0.2) is 0 Å². The van der Waals surface area contributed by atoms with Gasteiger partial charge in [-0.2, -0.15) is 0 Å². The molecule has 0 heterocycles. The molecule has 0 atom stereocenters. The molecule has 300 valence electrons. The van der Waals surface area contributed by atoms with E-state index in [2.05, 4.69) is 23.8 Å². The van der Waals surface area contributed by atoms with Crippen molar-refractivity contribution in [2.45, 2.75) is 52.4 Å². The summed E-state index contributed by atoms with van der Waals surface area (Å²) in [5.74, 6) is 2.85. The Balaban J connectivity index is 0.920. The molecule has 0 radical (unpaired) electrons. The van der Waals surface area contributed by atoms with Crippen LogP contribution in [0.3, 0.4) is 0 Å². The highest BCUT2D eigenvalue weighted by molar-refractivity contribution is 5.92. The molecule has 0 saturated carbocycles. The number of hydrogen-bond donors (Lipinski definition) is 0. The Morgan fingerprint density at radius 1 is 0.424 bits per heavy atom. The van der Waals surface area contributed by atoms with E-state index in [1.54, 1.807) is 85.2 Å². The third-order valence-corrected chi connectivity index (χ3v) is 9.03. The van der Waals surface area contributed by atoms with Crippen LogP contribution in [-0.2, 0) is 0 Å². The van der Waals surface area contributed by atoms with Crippen molar-refractivity contribution < 1.29 is 33.3 Å². The molecule has 0 aliphatic rings. The Morgan fingerprint density at radius 2 is 0.763 bits per heavy atom. The van der Waals surface area contributed by atoms with E-state index in [1.807, 2.05) is 72.8 Å². The highest BCUT2D eigenvalue weighted by atomic mass is 16.5. The Labute approximate surface area is 346 Å². The van der Waals surface area contributed by atoms with E-state index < -0.39 is 11.9 Å². The fourth-order valence-corrected chi connectivity index (χ4v) is 5.67. The minimum atomic E-state index is -0.432. The molecule has 0 aromatic heterocycles. The van der Waals surface area contributed by atoms with Gasteiger partial charge in [0, 0.05) is 12.4 Å². The van der Waals surface area contributed by atoms with Crippen molar-refractivity contribution in [2.24, 2.45) is 9.98 Å². The maximum atomic E-state index is 12.6. The van der Waals surface area contributed by atoms with Gasteiger partial charge in [0.2, 0.25) is 0 Å². The predicted octanol–water partition coefficient (Wildman–Crippen LogP) is 12.6. The summed E-state index contributed by atoms with van der Waals surface area (Å²) in [6, 6.07) is 43.2. The molecule has 0 spiro atoms. The summed E-state index contributed by atoms with van der Waals surface area (Å²) in [6.45, 7) is 5.63. The van der Waals surface area contributed by atoms with E-state index >= 15 is 0 Å². The molecule has 0 aliphatic carbocycles. The van der Waals surface area contributed by atoms with Gasteiger partial charge < -0.3 is 23.7 Å². The van der Waals surface area contributed by atoms with Crippen molar-refractivity contribution in [3.05, 3.63) is 168 Å². The SMILES string of the molecule is CCCCCOc1ccc(C(=O)Oc2ccc(C=Nc3ccc(Oc4ccc(N=Cc5ccc(OC(=O)c6ccc(OCCCCC)cc6)cc5)cc4)cc3)cc2)cc1. The van der Waals surface area contributed by atoms with Gasteiger partial charge in [-0.25, -0.2) is 9.59 Å². The van der Waals surface area contributed by atoms with Crippen molar-refractivity contribution in [1.29, 1.82) is 0 Å². The Bertz CT molecular complexity index is 2100. The normalized spacial score (nSPS) is 11.1. The van der Waals surface area contributed by atoms with Gasteiger partial charge in [-0.15, -0.1) is 0 Å². The van der Waals surface area contributed by atoms with Crippen molar-refractivity contribution in [3.63, 3.8) is 0 Å². The summed E-state index contributed by atoms with van der Waals surface area (Å²) in [5.41, 5.74) is 4.14. The maximum Gasteiger partial charge on any atom is 0.343 e. The van der Waals surface area contributed by atoms with E-state index in [9.17, 15) is 9.59 Å². The molecule has 6 aromatic carbocycles. The second-order valence-electron chi connectivity index (χ2n) is 13.7. The molecular formula is C50H48N2O7. The van der Waals surface area contributed by atoms with Gasteiger partial charge in [0.05, 0.1) is 35.7 Å². The number of carbonyl (C=O) groups is 2. The predicted molar refractivity (Wildman–Crippen MR) is 233 cm³/mol. The zero-order valence-electron chi connectivity index (χ0n) is 33.4. The van der Waals surface area contributed by atoms with Gasteiger partial charge >= 0.3 is 11.9 Å². The van der Waals surface area contributed by atoms with Crippen molar-refractivity contribution in [3.8, 4) is 34.5 Å². The number of aliphatic imine (C=N–C) groups is 2. The lowest BCUT2D eigenvalue weighted by Crippen LogP contribution is -2.08. The first kappa shape index (κ1) is 41.6. The van der Waals surface area contributed by atoms with Crippen LogP contribution in [0.2, 0.25) is 0 Å². The van der Waals surface area contributed by atoms with Gasteiger partial charge in [0.1, 0.15) is 34.5 Å². The van der Waals surface area contributed by atoms with Crippen molar-refractivity contribution in [1.82, 2.24) is 0 Å². The average molecular weight is 789 g/mol. The van der Waals surface area contributed by atoms with Crippen LogP contribution in [0.15, 0.2) is 156 Å². The van der Waals surface area contributed by atoms with Crippen LogP contribution in [0.4, 0.5) is 11.4 Å². The molecule has 6 rings (SSSR count). The number of rotatable bonds is 20. The highest BCUT2D eigenvalue weighted by Gasteiger charge is 2.11.